The van der Waals surface area contributed by atoms with Gasteiger partial charge in [-0.1, -0.05) is 45.0 Å². The van der Waals surface area contributed by atoms with Crippen molar-refractivity contribution in [3.8, 4) is 0 Å². The summed E-state index contributed by atoms with van der Waals surface area (Å²) in [5.74, 6) is 1.74. The van der Waals surface area contributed by atoms with Gasteiger partial charge in [0.15, 0.2) is 0 Å². The van der Waals surface area contributed by atoms with Crippen molar-refractivity contribution in [1.29, 1.82) is 0 Å². The Labute approximate surface area is 147 Å². The van der Waals surface area contributed by atoms with Crippen LogP contribution < -0.4 is 10.6 Å². The van der Waals surface area contributed by atoms with Crippen molar-refractivity contribution in [2.24, 2.45) is 5.92 Å². The van der Waals surface area contributed by atoms with Crippen molar-refractivity contribution < 1.29 is 4.79 Å². The van der Waals surface area contributed by atoms with E-state index >= 15 is 0 Å². The van der Waals surface area contributed by atoms with E-state index in [9.17, 15) is 4.79 Å². The van der Waals surface area contributed by atoms with E-state index in [0.717, 1.165) is 32.0 Å². The number of benzene rings is 1. The molecule has 1 aliphatic rings. The van der Waals surface area contributed by atoms with Crippen molar-refractivity contribution in [2.75, 3.05) is 19.6 Å². The molecule has 130 valence electrons. The van der Waals surface area contributed by atoms with Gasteiger partial charge in [-0.15, -0.1) is 12.4 Å². The molecule has 3 nitrogen and oxygen atoms in total. The fourth-order valence-electron chi connectivity index (χ4n) is 3.05. The third-order valence-corrected chi connectivity index (χ3v) is 4.70. The van der Waals surface area contributed by atoms with E-state index in [1.54, 1.807) is 0 Å². The second-order valence-corrected chi connectivity index (χ2v) is 6.92. The van der Waals surface area contributed by atoms with Crippen LogP contribution in [0.5, 0.6) is 0 Å². The van der Waals surface area contributed by atoms with Gasteiger partial charge in [-0.05, 0) is 54.8 Å². The van der Waals surface area contributed by atoms with Gasteiger partial charge in [0.25, 0.3) is 0 Å². The molecule has 1 saturated heterocycles. The quantitative estimate of drug-likeness (QED) is 0.793. The second-order valence-electron chi connectivity index (χ2n) is 6.92. The number of carbonyl (C=O) groups is 1. The van der Waals surface area contributed by atoms with Crippen LogP contribution in [-0.4, -0.2) is 25.5 Å². The lowest BCUT2D eigenvalue weighted by Gasteiger charge is -2.14. The molecule has 23 heavy (non-hydrogen) atoms. The van der Waals surface area contributed by atoms with Gasteiger partial charge in [-0.3, -0.25) is 4.79 Å². The molecule has 1 fully saturated rings. The van der Waals surface area contributed by atoms with Gasteiger partial charge >= 0.3 is 0 Å². The number of hydrogen-bond donors (Lipinski definition) is 2. The predicted octanol–water partition coefficient (Wildman–Crippen LogP) is 3.84. The zero-order valence-electron chi connectivity index (χ0n) is 14.6. The summed E-state index contributed by atoms with van der Waals surface area (Å²) in [6.45, 7) is 9.57. The minimum absolute atomic E-state index is 0. The molecule has 1 heterocycles. The van der Waals surface area contributed by atoms with Gasteiger partial charge in [-0.25, -0.2) is 0 Å². The van der Waals surface area contributed by atoms with Crippen molar-refractivity contribution in [1.82, 2.24) is 10.6 Å². The standard InChI is InChI=1S/C19H30N2O.ClH/c1-14(2)17-4-6-18(7-5-17)15(3)12-19(22)21-11-9-16-8-10-20-13-16;/h4-7,14-16,20H,8-13H2,1-3H3,(H,21,22);1H. The van der Waals surface area contributed by atoms with Crippen LogP contribution in [0.2, 0.25) is 0 Å². The summed E-state index contributed by atoms with van der Waals surface area (Å²) < 4.78 is 0. The molecule has 1 aromatic rings. The Bertz CT molecular complexity index is 467. The van der Waals surface area contributed by atoms with Gasteiger partial charge in [0.1, 0.15) is 0 Å². The highest BCUT2D eigenvalue weighted by Gasteiger charge is 2.15. The molecule has 0 bridgehead atoms. The summed E-state index contributed by atoms with van der Waals surface area (Å²) in [6.07, 6.45) is 2.91. The number of rotatable bonds is 7. The second kappa shape index (κ2) is 9.94. The van der Waals surface area contributed by atoms with Crippen molar-refractivity contribution in [2.45, 2.75) is 51.9 Å². The van der Waals surface area contributed by atoms with E-state index in [4.69, 9.17) is 0 Å². The summed E-state index contributed by atoms with van der Waals surface area (Å²) >= 11 is 0. The van der Waals surface area contributed by atoms with E-state index in [0.29, 0.717) is 12.3 Å². The number of amides is 1. The lowest BCUT2D eigenvalue weighted by molar-refractivity contribution is -0.121. The fraction of sp³-hybridized carbons (Fsp3) is 0.632. The molecule has 2 unspecified atom stereocenters. The molecule has 2 N–H and O–H groups in total. The van der Waals surface area contributed by atoms with E-state index in [-0.39, 0.29) is 24.2 Å². The first-order chi connectivity index (χ1) is 10.6. The lowest BCUT2D eigenvalue weighted by Crippen LogP contribution is -2.27. The summed E-state index contributed by atoms with van der Waals surface area (Å²) in [7, 11) is 0. The largest absolute Gasteiger partial charge is 0.356 e. The van der Waals surface area contributed by atoms with Crippen LogP contribution >= 0.6 is 12.4 Å². The van der Waals surface area contributed by atoms with E-state index in [2.05, 4.69) is 55.7 Å². The number of halogens is 1. The summed E-state index contributed by atoms with van der Waals surface area (Å²) in [5, 5.41) is 6.44. The third-order valence-electron chi connectivity index (χ3n) is 4.70. The summed E-state index contributed by atoms with van der Waals surface area (Å²) in [6, 6.07) is 8.69. The highest BCUT2D eigenvalue weighted by molar-refractivity contribution is 5.85. The molecule has 0 saturated carbocycles. The number of hydrogen-bond acceptors (Lipinski definition) is 2. The zero-order valence-corrected chi connectivity index (χ0v) is 15.4. The number of nitrogens with one attached hydrogen (secondary N) is 2. The molecule has 0 spiro atoms. The molecule has 0 aliphatic carbocycles. The Balaban J connectivity index is 0.00000264. The molecule has 0 aromatic heterocycles. The van der Waals surface area contributed by atoms with Gasteiger partial charge in [0.2, 0.25) is 5.91 Å². The normalized spacial score (nSPS) is 18.5. The summed E-state index contributed by atoms with van der Waals surface area (Å²) in [4.78, 5) is 12.0. The van der Waals surface area contributed by atoms with Crippen molar-refractivity contribution in [3.05, 3.63) is 35.4 Å². The van der Waals surface area contributed by atoms with Crippen LogP contribution in [-0.2, 0) is 4.79 Å². The summed E-state index contributed by atoms with van der Waals surface area (Å²) in [5.41, 5.74) is 2.60. The molecular formula is C19H31ClN2O. The lowest BCUT2D eigenvalue weighted by atomic mass is 9.94. The zero-order chi connectivity index (χ0) is 15.9. The highest BCUT2D eigenvalue weighted by Crippen LogP contribution is 2.22. The minimum atomic E-state index is 0. The topological polar surface area (TPSA) is 41.1 Å². The van der Waals surface area contributed by atoms with Gasteiger partial charge < -0.3 is 10.6 Å². The first-order valence-electron chi connectivity index (χ1n) is 8.63. The monoisotopic (exact) mass is 338 g/mol. The fourth-order valence-corrected chi connectivity index (χ4v) is 3.05. The average Bonchev–Trinajstić information content (AvgIpc) is 3.00. The van der Waals surface area contributed by atoms with Crippen LogP contribution in [0.3, 0.4) is 0 Å². The van der Waals surface area contributed by atoms with Gasteiger partial charge in [-0.2, -0.15) is 0 Å². The molecule has 4 heteroatoms. The highest BCUT2D eigenvalue weighted by atomic mass is 35.5. The van der Waals surface area contributed by atoms with Crippen LogP contribution in [0.25, 0.3) is 0 Å². The molecule has 0 radical (unpaired) electrons. The van der Waals surface area contributed by atoms with E-state index in [1.165, 1.54) is 17.5 Å². The molecule has 1 aromatic carbocycles. The maximum Gasteiger partial charge on any atom is 0.220 e. The molecule has 1 amide bonds. The van der Waals surface area contributed by atoms with Crippen LogP contribution in [0.1, 0.15) is 63.0 Å². The SMILES string of the molecule is CC(C)c1ccc(C(C)CC(=O)NCCC2CCNC2)cc1.Cl. The average molecular weight is 339 g/mol. The Morgan fingerprint density at radius 1 is 1.22 bits per heavy atom. The number of carbonyl (C=O) groups excluding carboxylic acids is 1. The third kappa shape index (κ3) is 6.52. The molecule has 1 aliphatic heterocycles. The minimum Gasteiger partial charge on any atom is -0.356 e. The Morgan fingerprint density at radius 3 is 2.43 bits per heavy atom. The van der Waals surface area contributed by atoms with Gasteiger partial charge in [0.05, 0.1) is 0 Å². The maximum atomic E-state index is 12.0. The first kappa shape index (κ1) is 20.0. The maximum absolute atomic E-state index is 12.0. The van der Waals surface area contributed by atoms with Crippen LogP contribution in [0, 0.1) is 5.92 Å². The van der Waals surface area contributed by atoms with Gasteiger partial charge in [0, 0.05) is 13.0 Å². The van der Waals surface area contributed by atoms with E-state index in [1.807, 2.05) is 0 Å². The first-order valence-corrected chi connectivity index (χ1v) is 8.63. The van der Waals surface area contributed by atoms with E-state index < -0.39 is 0 Å². The van der Waals surface area contributed by atoms with Crippen LogP contribution in [0.15, 0.2) is 24.3 Å². The Kier molecular flexibility index (Phi) is 8.64. The molecule has 2 rings (SSSR count). The predicted molar refractivity (Wildman–Crippen MR) is 99.4 cm³/mol. The van der Waals surface area contributed by atoms with Crippen molar-refractivity contribution in [3.63, 3.8) is 0 Å². The Morgan fingerprint density at radius 2 is 1.87 bits per heavy atom. The van der Waals surface area contributed by atoms with Crippen LogP contribution in [0.4, 0.5) is 0 Å². The van der Waals surface area contributed by atoms with Crippen molar-refractivity contribution >= 4 is 18.3 Å². The Hall–Kier alpha value is -1.06. The smallest absolute Gasteiger partial charge is 0.220 e. The molecule has 2 atom stereocenters. The molecular weight excluding hydrogens is 308 g/mol.